The fourth-order valence-electron chi connectivity index (χ4n) is 2.35. The van der Waals surface area contributed by atoms with E-state index in [0.29, 0.717) is 6.54 Å². The van der Waals surface area contributed by atoms with E-state index in [2.05, 4.69) is 21.3 Å². The molecule has 0 bridgehead atoms. The van der Waals surface area contributed by atoms with Crippen LogP contribution in [0.2, 0.25) is 0 Å². The molecule has 4 nitrogen and oxygen atoms in total. The van der Waals surface area contributed by atoms with Crippen LogP contribution in [0, 0.1) is 0 Å². The van der Waals surface area contributed by atoms with Gasteiger partial charge in [-0.25, -0.2) is 0 Å². The summed E-state index contributed by atoms with van der Waals surface area (Å²) in [6.45, 7) is 3.45. The lowest BCUT2D eigenvalue weighted by atomic mass is 9.91. The Hall–Kier alpha value is -0.970. The summed E-state index contributed by atoms with van der Waals surface area (Å²) in [6.07, 6.45) is 3.50. The number of likely N-dealkylation sites (tertiary alicyclic amines) is 1. The summed E-state index contributed by atoms with van der Waals surface area (Å²) in [5, 5.41) is 13.3. The number of likely N-dealkylation sites (N-methyl/N-ethyl adjacent to an activating group) is 1. The molecule has 1 saturated heterocycles. The molecule has 0 amide bonds. The predicted molar refractivity (Wildman–Crippen MR) is 67.6 cm³/mol. The molecule has 0 aliphatic carbocycles. The van der Waals surface area contributed by atoms with Gasteiger partial charge >= 0.3 is 0 Å². The van der Waals surface area contributed by atoms with Crippen LogP contribution in [0.25, 0.3) is 0 Å². The first-order valence-electron chi connectivity index (χ1n) is 6.21. The van der Waals surface area contributed by atoms with Gasteiger partial charge in [0, 0.05) is 32.4 Å². The Kier molecular flexibility index (Phi) is 4.10. The topological polar surface area (TPSA) is 48.4 Å². The number of aromatic nitrogens is 1. The minimum atomic E-state index is -0.518. The second-order valence-corrected chi connectivity index (χ2v) is 4.85. The van der Waals surface area contributed by atoms with Crippen LogP contribution in [-0.2, 0) is 6.54 Å². The predicted octanol–water partition coefficient (Wildman–Crippen LogP) is 0.628. The molecule has 0 atom stereocenters. The summed E-state index contributed by atoms with van der Waals surface area (Å²) in [5.74, 6) is 0. The molecule has 4 heteroatoms. The van der Waals surface area contributed by atoms with Crippen LogP contribution in [0.3, 0.4) is 0 Å². The lowest BCUT2D eigenvalue weighted by molar-refractivity contribution is -0.0206. The van der Waals surface area contributed by atoms with Crippen molar-refractivity contribution in [3.8, 4) is 0 Å². The highest BCUT2D eigenvalue weighted by Gasteiger charge is 2.31. The molecule has 1 aromatic heterocycles. The van der Waals surface area contributed by atoms with E-state index in [9.17, 15) is 5.11 Å². The van der Waals surface area contributed by atoms with Crippen molar-refractivity contribution in [2.45, 2.75) is 25.0 Å². The summed E-state index contributed by atoms with van der Waals surface area (Å²) in [6, 6.07) is 6.00. The fourth-order valence-corrected chi connectivity index (χ4v) is 2.35. The lowest BCUT2D eigenvalue weighted by Crippen LogP contribution is -2.49. The third-order valence-corrected chi connectivity index (χ3v) is 3.40. The van der Waals surface area contributed by atoms with Crippen LogP contribution in [0.15, 0.2) is 24.4 Å². The standard InChI is InChI=1S/C13H21N3O/c1-14-11-13(17)5-8-16(9-6-13)10-12-4-2-3-7-15-12/h2-4,7,14,17H,5-6,8-11H2,1H3. The Labute approximate surface area is 103 Å². The molecule has 0 unspecified atom stereocenters. The Morgan fingerprint density at radius 1 is 1.41 bits per heavy atom. The molecule has 94 valence electrons. The minimum Gasteiger partial charge on any atom is -0.388 e. The maximum atomic E-state index is 10.3. The third kappa shape index (κ3) is 3.49. The quantitative estimate of drug-likeness (QED) is 0.803. The van der Waals surface area contributed by atoms with Crippen molar-refractivity contribution < 1.29 is 5.11 Å². The van der Waals surface area contributed by atoms with Crippen molar-refractivity contribution in [3.05, 3.63) is 30.1 Å². The Balaban J connectivity index is 1.83. The first kappa shape index (κ1) is 12.5. The van der Waals surface area contributed by atoms with Crippen LogP contribution >= 0.6 is 0 Å². The van der Waals surface area contributed by atoms with Crippen molar-refractivity contribution in [3.63, 3.8) is 0 Å². The van der Waals surface area contributed by atoms with E-state index in [-0.39, 0.29) is 0 Å². The smallest absolute Gasteiger partial charge is 0.0795 e. The van der Waals surface area contributed by atoms with Crippen LogP contribution in [-0.4, -0.2) is 47.3 Å². The van der Waals surface area contributed by atoms with Gasteiger partial charge in [0.25, 0.3) is 0 Å². The molecule has 2 N–H and O–H groups in total. The van der Waals surface area contributed by atoms with Crippen LogP contribution in [0.5, 0.6) is 0 Å². The van der Waals surface area contributed by atoms with Crippen molar-refractivity contribution in [1.82, 2.24) is 15.2 Å². The van der Waals surface area contributed by atoms with Crippen molar-refractivity contribution >= 4 is 0 Å². The van der Waals surface area contributed by atoms with E-state index in [1.54, 1.807) is 0 Å². The second-order valence-electron chi connectivity index (χ2n) is 4.85. The molecule has 1 fully saturated rings. The third-order valence-electron chi connectivity index (χ3n) is 3.40. The molecule has 0 radical (unpaired) electrons. The van der Waals surface area contributed by atoms with Gasteiger partial charge in [-0.3, -0.25) is 9.88 Å². The van der Waals surface area contributed by atoms with E-state index in [4.69, 9.17) is 0 Å². The number of nitrogens with zero attached hydrogens (tertiary/aromatic N) is 2. The summed E-state index contributed by atoms with van der Waals surface area (Å²) in [5.41, 5.74) is 0.585. The Morgan fingerprint density at radius 3 is 2.76 bits per heavy atom. The number of hydrogen-bond acceptors (Lipinski definition) is 4. The van der Waals surface area contributed by atoms with Crippen molar-refractivity contribution in [2.24, 2.45) is 0 Å². The van der Waals surface area contributed by atoms with E-state index < -0.39 is 5.60 Å². The normalized spacial score (nSPS) is 20.4. The largest absolute Gasteiger partial charge is 0.388 e. The van der Waals surface area contributed by atoms with Gasteiger partial charge in [-0.05, 0) is 32.0 Å². The van der Waals surface area contributed by atoms with Gasteiger partial charge in [0.05, 0.1) is 11.3 Å². The molecule has 2 rings (SSSR count). The second kappa shape index (κ2) is 5.58. The number of rotatable bonds is 4. The fraction of sp³-hybridized carbons (Fsp3) is 0.615. The molecule has 1 aromatic rings. The van der Waals surface area contributed by atoms with E-state index >= 15 is 0 Å². The van der Waals surface area contributed by atoms with E-state index in [1.807, 2.05) is 25.4 Å². The first-order valence-corrected chi connectivity index (χ1v) is 6.21. The average molecular weight is 235 g/mol. The molecule has 0 saturated carbocycles. The zero-order chi connectivity index (χ0) is 12.1. The average Bonchev–Trinajstić information content (AvgIpc) is 2.34. The Bertz CT molecular complexity index is 334. The number of aliphatic hydroxyl groups is 1. The zero-order valence-corrected chi connectivity index (χ0v) is 10.4. The molecule has 0 spiro atoms. The maximum Gasteiger partial charge on any atom is 0.0795 e. The number of pyridine rings is 1. The van der Waals surface area contributed by atoms with Crippen LogP contribution < -0.4 is 5.32 Å². The highest BCUT2D eigenvalue weighted by molar-refractivity contribution is 5.03. The van der Waals surface area contributed by atoms with Gasteiger partial charge in [0.2, 0.25) is 0 Å². The van der Waals surface area contributed by atoms with Gasteiger partial charge in [-0.15, -0.1) is 0 Å². The molecule has 1 aliphatic heterocycles. The van der Waals surface area contributed by atoms with Crippen molar-refractivity contribution in [1.29, 1.82) is 0 Å². The molecule has 0 aromatic carbocycles. The van der Waals surface area contributed by atoms with Gasteiger partial charge in [0.15, 0.2) is 0 Å². The number of piperidine rings is 1. The SMILES string of the molecule is CNCC1(O)CCN(Cc2ccccn2)CC1. The zero-order valence-electron chi connectivity index (χ0n) is 10.4. The monoisotopic (exact) mass is 235 g/mol. The van der Waals surface area contributed by atoms with Gasteiger partial charge in [-0.2, -0.15) is 0 Å². The highest BCUT2D eigenvalue weighted by atomic mass is 16.3. The van der Waals surface area contributed by atoms with Gasteiger partial charge < -0.3 is 10.4 Å². The van der Waals surface area contributed by atoms with E-state index in [0.717, 1.165) is 38.2 Å². The molecule has 1 aliphatic rings. The molecule has 17 heavy (non-hydrogen) atoms. The van der Waals surface area contributed by atoms with Crippen LogP contribution in [0.4, 0.5) is 0 Å². The molecular formula is C13H21N3O. The molecule has 2 heterocycles. The minimum absolute atomic E-state index is 0.518. The molecular weight excluding hydrogens is 214 g/mol. The van der Waals surface area contributed by atoms with Crippen molar-refractivity contribution in [2.75, 3.05) is 26.7 Å². The summed E-state index contributed by atoms with van der Waals surface area (Å²) >= 11 is 0. The van der Waals surface area contributed by atoms with E-state index in [1.165, 1.54) is 0 Å². The number of hydrogen-bond donors (Lipinski definition) is 2. The lowest BCUT2D eigenvalue weighted by Gasteiger charge is -2.38. The summed E-state index contributed by atoms with van der Waals surface area (Å²) < 4.78 is 0. The van der Waals surface area contributed by atoms with Crippen LogP contribution in [0.1, 0.15) is 18.5 Å². The number of nitrogens with one attached hydrogen (secondary N) is 1. The van der Waals surface area contributed by atoms with Gasteiger partial charge in [0.1, 0.15) is 0 Å². The maximum absolute atomic E-state index is 10.3. The van der Waals surface area contributed by atoms with Gasteiger partial charge in [-0.1, -0.05) is 6.07 Å². The summed E-state index contributed by atoms with van der Waals surface area (Å²) in [7, 11) is 1.89. The first-order chi connectivity index (χ1) is 8.22. The highest BCUT2D eigenvalue weighted by Crippen LogP contribution is 2.22. The Morgan fingerprint density at radius 2 is 2.18 bits per heavy atom. The summed E-state index contributed by atoms with van der Waals surface area (Å²) in [4.78, 5) is 6.68.